The second-order valence-corrected chi connectivity index (χ2v) is 5.33. The zero-order valence-electron chi connectivity index (χ0n) is 11.2. The van der Waals surface area contributed by atoms with Crippen molar-refractivity contribution in [3.8, 4) is 0 Å². The van der Waals surface area contributed by atoms with Crippen LogP contribution in [0.1, 0.15) is 31.4 Å². The fraction of sp³-hybridized carbons (Fsp3) is 0.500. The van der Waals surface area contributed by atoms with Gasteiger partial charge in [0.05, 0.1) is 0 Å². The zero-order chi connectivity index (χ0) is 13.3. The smallest absolute Gasteiger partial charge is 0.170 e. The maximum Gasteiger partial charge on any atom is 0.170 e. The number of amidine groups is 1. The highest BCUT2D eigenvalue weighted by Gasteiger charge is 2.26. The minimum absolute atomic E-state index is 0.168. The van der Waals surface area contributed by atoms with Gasteiger partial charge in [0, 0.05) is 23.8 Å². The lowest BCUT2D eigenvalue weighted by Crippen LogP contribution is -2.27. The van der Waals surface area contributed by atoms with Gasteiger partial charge in [0.2, 0.25) is 0 Å². The third-order valence-corrected chi connectivity index (χ3v) is 3.71. The first-order valence-corrected chi connectivity index (χ1v) is 6.38. The molecule has 1 aliphatic rings. The van der Waals surface area contributed by atoms with E-state index in [0.29, 0.717) is 6.04 Å². The molecule has 0 amide bonds. The molecule has 1 heterocycles. The van der Waals surface area contributed by atoms with Gasteiger partial charge < -0.3 is 15.8 Å². The summed E-state index contributed by atoms with van der Waals surface area (Å²) in [6.07, 6.45) is 1.24. The van der Waals surface area contributed by atoms with Gasteiger partial charge in [-0.05, 0) is 49.9 Å². The minimum atomic E-state index is 0.168. The van der Waals surface area contributed by atoms with Crippen molar-refractivity contribution in [3.63, 3.8) is 0 Å². The van der Waals surface area contributed by atoms with Crippen LogP contribution in [0.5, 0.6) is 0 Å². The van der Waals surface area contributed by atoms with Crippen LogP contribution in [0.3, 0.4) is 0 Å². The van der Waals surface area contributed by atoms with Gasteiger partial charge in [-0.15, -0.1) is 0 Å². The maximum absolute atomic E-state index is 8.72. The predicted octanol–water partition coefficient (Wildman–Crippen LogP) is 2.32. The fourth-order valence-electron chi connectivity index (χ4n) is 2.83. The van der Waals surface area contributed by atoms with Gasteiger partial charge in [-0.25, -0.2) is 0 Å². The lowest BCUT2D eigenvalue weighted by atomic mass is 10.1. The first kappa shape index (κ1) is 12.7. The number of rotatable bonds is 2. The molecule has 2 atom stereocenters. The van der Waals surface area contributed by atoms with E-state index >= 15 is 0 Å². The summed E-state index contributed by atoms with van der Waals surface area (Å²) in [6.45, 7) is 7.63. The first-order valence-electron chi connectivity index (χ1n) is 6.38. The molecule has 1 aliphatic heterocycles. The second kappa shape index (κ2) is 4.88. The highest BCUT2D eigenvalue weighted by Crippen LogP contribution is 2.29. The van der Waals surface area contributed by atoms with Crippen molar-refractivity contribution < 1.29 is 5.21 Å². The molecule has 0 aliphatic carbocycles. The highest BCUT2D eigenvalue weighted by atomic mass is 16.4. The Morgan fingerprint density at radius 3 is 2.67 bits per heavy atom. The number of nitrogens with two attached hydrogens (primary N) is 1. The Balaban J connectivity index is 2.29. The van der Waals surface area contributed by atoms with Crippen molar-refractivity contribution in [3.05, 3.63) is 29.3 Å². The van der Waals surface area contributed by atoms with Crippen molar-refractivity contribution >= 4 is 11.5 Å². The quantitative estimate of drug-likeness (QED) is 0.365. The second-order valence-electron chi connectivity index (χ2n) is 5.33. The van der Waals surface area contributed by atoms with Gasteiger partial charge in [0.1, 0.15) is 0 Å². The van der Waals surface area contributed by atoms with Gasteiger partial charge in [0.15, 0.2) is 5.84 Å². The largest absolute Gasteiger partial charge is 0.409 e. The standard InChI is InChI=1S/C14H21N3O/c1-9-6-11(3)17(8-9)12-4-5-13(10(2)7-12)14(15)16-18/h4-5,7,9,11,18H,6,8H2,1-3H3,(H2,15,16). The summed E-state index contributed by atoms with van der Waals surface area (Å²) in [7, 11) is 0. The third-order valence-electron chi connectivity index (χ3n) is 3.71. The number of aryl methyl sites for hydroxylation is 1. The predicted molar refractivity (Wildman–Crippen MR) is 74.3 cm³/mol. The lowest BCUT2D eigenvalue weighted by Gasteiger charge is -2.24. The topological polar surface area (TPSA) is 61.8 Å². The van der Waals surface area contributed by atoms with E-state index < -0.39 is 0 Å². The van der Waals surface area contributed by atoms with E-state index in [2.05, 4.69) is 36.0 Å². The van der Waals surface area contributed by atoms with Crippen LogP contribution in [0.2, 0.25) is 0 Å². The lowest BCUT2D eigenvalue weighted by molar-refractivity contribution is 0.318. The number of hydrogen-bond acceptors (Lipinski definition) is 3. The van der Waals surface area contributed by atoms with E-state index in [1.54, 1.807) is 0 Å². The summed E-state index contributed by atoms with van der Waals surface area (Å²) in [5.41, 5.74) is 8.68. The van der Waals surface area contributed by atoms with Crippen LogP contribution in [-0.4, -0.2) is 23.6 Å². The molecule has 4 heteroatoms. The van der Waals surface area contributed by atoms with E-state index in [9.17, 15) is 0 Å². The summed E-state index contributed by atoms with van der Waals surface area (Å²) in [4.78, 5) is 2.42. The summed E-state index contributed by atoms with van der Waals surface area (Å²) >= 11 is 0. The average molecular weight is 247 g/mol. The van der Waals surface area contributed by atoms with Crippen LogP contribution in [0, 0.1) is 12.8 Å². The Morgan fingerprint density at radius 2 is 2.17 bits per heavy atom. The molecular formula is C14H21N3O. The van der Waals surface area contributed by atoms with E-state index in [0.717, 1.165) is 23.6 Å². The number of anilines is 1. The summed E-state index contributed by atoms with van der Waals surface area (Å²) in [6, 6.07) is 6.67. The van der Waals surface area contributed by atoms with E-state index in [1.165, 1.54) is 12.1 Å². The Hall–Kier alpha value is -1.71. The van der Waals surface area contributed by atoms with Crippen LogP contribution in [0.4, 0.5) is 5.69 Å². The van der Waals surface area contributed by atoms with Gasteiger partial charge in [-0.1, -0.05) is 12.1 Å². The van der Waals surface area contributed by atoms with Gasteiger partial charge in [-0.2, -0.15) is 0 Å². The number of benzene rings is 1. The van der Waals surface area contributed by atoms with Crippen molar-refractivity contribution in [2.75, 3.05) is 11.4 Å². The van der Waals surface area contributed by atoms with E-state index in [1.807, 2.05) is 13.0 Å². The molecule has 3 N–H and O–H groups in total. The molecule has 0 spiro atoms. The molecule has 0 radical (unpaired) electrons. The van der Waals surface area contributed by atoms with Crippen molar-refractivity contribution in [2.45, 2.75) is 33.2 Å². The average Bonchev–Trinajstić information content (AvgIpc) is 2.67. The fourth-order valence-corrected chi connectivity index (χ4v) is 2.83. The summed E-state index contributed by atoms with van der Waals surface area (Å²) < 4.78 is 0. The molecule has 1 aromatic rings. The van der Waals surface area contributed by atoms with Gasteiger partial charge >= 0.3 is 0 Å². The molecule has 2 rings (SSSR count). The van der Waals surface area contributed by atoms with Crippen molar-refractivity contribution in [2.24, 2.45) is 16.8 Å². The van der Waals surface area contributed by atoms with Crippen LogP contribution >= 0.6 is 0 Å². The van der Waals surface area contributed by atoms with Crippen LogP contribution < -0.4 is 10.6 Å². The Bertz CT molecular complexity index is 470. The number of oxime groups is 1. The molecule has 0 bridgehead atoms. The molecule has 0 saturated carbocycles. The SMILES string of the molecule is Cc1cc(N2CC(C)CC2C)ccc1/C(N)=N/O. The van der Waals surface area contributed by atoms with Crippen LogP contribution in [-0.2, 0) is 0 Å². The van der Waals surface area contributed by atoms with Crippen LogP contribution in [0.15, 0.2) is 23.4 Å². The molecule has 4 nitrogen and oxygen atoms in total. The number of nitrogens with zero attached hydrogens (tertiary/aromatic N) is 2. The molecule has 1 saturated heterocycles. The first-order chi connectivity index (χ1) is 8.52. The van der Waals surface area contributed by atoms with E-state index in [-0.39, 0.29) is 5.84 Å². The highest BCUT2D eigenvalue weighted by molar-refractivity contribution is 5.98. The van der Waals surface area contributed by atoms with Crippen LogP contribution in [0.25, 0.3) is 0 Å². The normalized spacial score (nSPS) is 24.6. The zero-order valence-corrected chi connectivity index (χ0v) is 11.2. The number of hydrogen-bond donors (Lipinski definition) is 2. The monoisotopic (exact) mass is 247 g/mol. The molecule has 0 aromatic heterocycles. The van der Waals surface area contributed by atoms with Gasteiger partial charge in [0.25, 0.3) is 0 Å². The Labute approximate surface area is 108 Å². The molecular weight excluding hydrogens is 226 g/mol. The van der Waals surface area contributed by atoms with Crippen molar-refractivity contribution in [1.82, 2.24) is 0 Å². The molecule has 1 aromatic carbocycles. The summed E-state index contributed by atoms with van der Waals surface area (Å²) in [5, 5.41) is 11.8. The van der Waals surface area contributed by atoms with E-state index in [4.69, 9.17) is 10.9 Å². The molecule has 1 fully saturated rings. The molecule has 98 valence electrons. The minimum Gasteiger partial charge on any atom is -0.409 e. The molecule has 2 unspecified atom stereocenters. The van der Waals surface area contributed by atoms with Crippen molar-refractivity contribution in [1.29, 1.82) is 0 Å². The molecule has 18 heavy (non-hydrogen) atoms. The van der Waals surface area contributed by atoms with Gasteiger partial charge in [-0.3, -0.25) is 0 Å². The summed E-state index contributed by atoms with van der Waals surface area (Å²) in [5.74, 6) is 0.908. The Kier molecular flexibility index (Phi) is 3.45. The Morgan fingerprint density at radius 1 is 1.44 bits per heavy atom. The third kappa shape index (κ3) is 2.28. The maximum atomic E-state index is 8.72.